The third kappa shape index (κ3) is 15.9. The Bertz CT molecular complexity index is 8640. The Morgan fingerprint density at radius 1 is 0.166 bits per heavy atom. The predicted octanol–water partition coefficient (Wildman–Crippen LogP) is 37.6. The van der Waals surface area contributed by atoms with E-state index in [9.17, 15) is 0 Å². The molecule has 0 unspecified atom stereocenters. The highest BCUT2D eigenvalue weighted by atomic mass is 15.2. The average molecular weight is 1860 g/mol. The molecule has 0 radical (unpaired) electrons. The molecule has 6 heteroatoms. The first-order valence-electron chi connectivity index (χ1n) is 50.7. The Morgan fingerprint density at radius 2 is 0.379 bits per heavy atom. The van der Waals surface area contributed by atoms with Gasteiger partial charge in [0.05, 0.1) is 16.8 Å². The van der Waals surface area contributed by atoms with Crippen LogP contribution in [-0.4, -0.2) is 0 Å². The second kappa shape index (κ2) is 36.7. The number of benzene rings is 22. The number of rotatable bonds is 24. The van der Waals surface area contributed by atoms with Gasteiger partial charge >= 0.3 is 0 Å². The van der Waals surface area contributed by atoms with Crippen molar-refractivity contribution < 1.29 is 0 Å². The van der Waals surface area contributed by atoms with Crippen molar-refractivity contribution in [1.29, 1.82) is 0 Å². The van der Waals surface area contributed by atoms with Gasteiger partial charge in [0.2, 0.25) is 0 Å². The Labute approximate surface area is 850 Å². The fourth-order valence-electron chi connectivity index (χ4n) is 23.7. The number of hydrogen-bond donors (Lipinski definition) is 0. The largest absolute Gasteiger partial charge is 0.310 e. The van der Waals surface area contributed by atoms with Crippen LogP contribution in [0.15, 0.2) is 522 Å². The number of hydrogen-bond acceptors (Lipinski definition) is 6. The van der Waals surface area contributed by atoms with E-state index < -0.39 is 10.8 Å². The SMILES string of the molecule is Cc1cccc(N(c2ccccc2)c2ccc3c(c2)C(C)(C)c2cc(N(c4ccccc4)c4cccc(Cc5cccc(N(c6ccc7c(c6)C(C)(C)c6cc(N(c8cccc(Cc9cccc(N(c%10ccccc%10)c%10ccc%11c(c%10)C(c%10ccccc%10)(c%10ccccc%10)c%10cc(N(c%12ccccc%12)c%12cccc(C)c%12)ccc%10-%11)c9)c8)c8cccc9ccccc89)ccc6-7)c6cccc7ccccc67)c5)c4)ccc2-3)c1. The standard InChI is InChI=1S/C139H108N6/c1-95-37-29-59-109(81-95)140(105-51-17-9-18-52-105)115-69-75-123-124-76-70-116(90-130(124)137(3,4)129(123)89-115)142(107-55-21-11-22-56-107)111-61-31-39-97(85-111)83-99-41-33-63-113(87-99)144(135-67-35-45-101-43-25-27-65-121(101)135)119-73-77-125-126-78-74-120(92-132(126)138(5,6)131(125)91-119)145(136-68-36-46-102-44-26-28-66-122(102)136)114-64-34-42-100(88-114)84-98-40-32-62-112(86-98)143(108-57-23-12-24-58-108)118-72-80-128-127-79-71-117(141(106-53-19-10-20-54-106)110-60-30-38-96(2)82-110)93-133(127)139(134(128)94-118,103-47-13-7-14-48-103)104-49-15-8-16-50-104/h7-82,85-94H,83-84H2,1-6H3. The second-order valence-electron chi connectivity index (χ2n) is 40.2. The predicted molar refractivity (Wildman–Crippen MR) is 610 cm³/mol. The summed E-state index contributed by atoms with van der Waals surface area (Å²) in [5.74, 6) is 0. The molecule has 0 N–H and O–H groups in total. The van der Waals surface area contributed by atoms with Crippen molar-refractivity contribution in [2.45, 2.75) is 70.6 Å². The van der Waals surface area contributed by atoms with Crippen LogP contribution >= 0.6 is 0 Å². The number of para-hydroxylation sites is 4. The molecule has 3 aliphatic rings. The van der Waals surface area contributed by atoms with E-state index in [-0.39, 0.29) is 5.41 Å². The van der Waals surface area contributed by atoms with Gasteiger partial charge < -0.3 is 29.4 Å². The molecule has 0 spiro atoms. The lowest BCUT2D eigenvalue weighted by molar-refractivity contribution is 0.660. The zero-order valence-electron chi connectivity index (χ0n) is 82.2. The Kier molecular flexibility index (Phi) is 22.4. The highest BCUT2D eigenvalue weighted by Crippen LogP contribution is 2.61. The van der Waals surface area contributed by atoms with E-state index in [1.165, 1.54) is 133 Å². The average Bonchev–Trinajstić information content (AvgIpc) is 1.53. The van der Waals surface area contributed by atoms with Crippen LogP contribution in [0.25, 0.3) is 54.9 Å². The van der Waals surface area contributed by atoms with Crippen molar-refractivity contribution >= 4 is 124 Å². The summed E-state index contributed by atoms with van der Waals surface area (Å²) in [5, 5.41) is 4.73. The molecule has 0 aliphatic heterocycles. The molecule has 0 bridgehead atoms. The number of aryl methyl sites for hydroxylation is 2. The minimum Gasteiger partial charge on any atom is -0.310 e. The Hall–Kier alpha value is -17.8. The maximum Gasteiger partial charge on any atom is 0.0715 e. The van der Waals surface area contributed by atoms with Gasteiger partial charge in [0.1, 0.15) is 0 Å². The lowest BCUT2D eigenvalue weighted by atomic mass is 9.67. The molecule has 694 valence electrons. The van der Waals surface area contributed by atoms with Gasteiger partial charge in [-0.25, -0.2) is 0 Å². The molecule has 0 aromatic heterocycles. The summed E-state index contributed by atoms with van der Waals surface area (Å²) < 4.78 is 0. The molecule has 0 saturated carbocycles. The Morgan fingerprint density at radius 3 is 0.676 bits per heavy atom. The molecule has 3 aliphatic carbocycles. The maximum absolute atomic E-state index is 2.51. The molecule has 25 rings (SSSR count). The van der Waals surface area contributed by atoms with Gasteiger partial charge in [0, 0.05) is 113 Å². The monoisotopic (exact) mass is 1860 g/mol. The molecular weight excluding hydrogens is 1750 g/mol. The zero-order valence-corrected chi connectivity index (χ0v) is 82.2. The molecule has 0 heterocycles. The normalized spacial score (nSPS) is 13.0. The third-order valence-corrected chi connectivity index (χ3v) is 30.4. The minimum absolute atomic E-state index is 0.297. The van der Waals surface area contributed by atoms with Crippen LogP contribution < -0.4 is 29.4 Å². The van der Waals surface area contributed by atoms with Gasteiger partial charge in [-0.05, 0) is 355 Å². The molecule has 145 heavy (non-hydrogen) atoms. The summed E-state index contributed by atoms with van der Waals surface area (Å²) in [5.41, 5.74) is 43.3. The van der Waals surface area contributed by atoms with Crippen molar-refractivity contribution in [3.8, 4) is 33.4 Å². The van der Waals surface area contributed by atoms with E-state index >= 15 is 0 Å². The fraction of sp³-hybridized carbons (Fsp3) is 0.0791. The van der Waals surface area contributed by atoms with Crippen molar-refractivity contribution in [2.24, 2.45) is 0 Å². The van der Waals surface area contributed by atoms with E-state index in [0.29, 0.717) is 6.42 Å². The van der Waals surface area contributed by atoms with E-state index in [1.54, 1.807) is 0 Å². The quantitative estimate of drug-likeness (QED) is 0.0596. The summed E-state index contributed by atoms with van der Waals surface area (Å²) >= 11 is 0. The Balaban J connectivity index is 0.532. The van der Waals surface area contributed by atoms with Gasteiger partial charge in [-0.1, -0.05) is 343 Å². The first-order chi connectivity index (χ1) is 71.2. The topological polar surface area (TPSA) is 19.4 Å². The minimum atomic E-state index is -0.706. The summed E-state index contributed by atoms with van der Waals surface area (Å²) in [6.45, 7) is 14.0. The molecule has 0 atom stereocenters. The first-order valence-corrected chi connectivity index (χ1v) is 50.7. The van der Waals surface area contributed by atoms with E-state index in [0.717, 1.165) is 109 Å². The van der Waals surface area contributed by atoms with E-state index in [1.807, 2.05) is 0 Å². The van der Waals surface area contributed by atoms with Crippen molar-refractivity contribution in [3.63, 3.8) is 0 Å². The smallest absolute Gasteiger partial charge is 0.0715 e. The van der Waals surface area contributed by atoms with Gasteiger partial charge in [0.15, 0.2) is 0 Å². The summed E-state index contributed by atoms with van der Waals surface area (Å²) in [7, 11) is 0. The van der Waals surface area contributed by atoms with Crippen LogP contribution in [0.2, 0.25) is 0 Å². The second-order valence-corrected chi connectivity index (χ2v) is 40.2. The summed E-state index contributed by atoms with van der Waals surface area (Å²) in [6, 6.07) is 195. The van der Waals surface area contributed by atoms with Crippen LogP contribution in [0, 0.1) is 13.8 Å². The molecular formula is C139H108N6. The van der Waals surface area contributed by atoms with Gasteiger partial charge in [-0.2, -0.15) is 0 Å². The zero-order chi connectivity index (χ0) is 97.4. The highest BCUT2D eigenvalue weighted by molar-refractivity contribution is 6.03. The van der Waals surface area contributed by atoms with Crippen LogP contribution in [0.4, 0.5) is 102 Å². The number of fused-ring (bicyclic) bond motifs is 11. The first kappa shape index (κ1) is 88.6. The molecule has 6 nitrogen and oxygen atoms in total. The van der Waals surface area contributed by atoms with Gasteiger partial charge in [-0.15, -0.1) is 0 Å². The molecule has 0 saturated heterocycles. The van der Waals surface area contributed by atoms with Crippen LogP contribution in [0.1, 0.15) is 106 Å². The van der Waals surface area contributed by atoms with Crippen LogP contribution in [0.3, 0.4) is 0 Å². The number of anilines is 18. The lowest BCUT2D eigenvalue weighted by Crippen LogP contribution is -2.29. The van der Waals surface area contributed by atoms with Crippen LogP contribution in [0.5, 0.6) is 0 Å². The molecule has 22 aromatic rings. The van der Waals surface area contributed by atoms with E-state index in [2.05, 4.69) is 593 Å². The van der Waals surface area contributed by atoms with Crippen molar-refractivity contribution in [1.82, 2.24) is 0 Å². The van der Waals surface area contributed by atoms with Crippen molar-refractivity contribution in [2.75, 3.05) is 29.4 Å². The van der Waals surface area contributed by atoms with Gasteiger partial charge in [-0.3, -0.25) is 0 Å². The van der Waals surface area contributed by atoms with Crippen LogP contribution in [-0.2, 0) is 29.1 Å². The summed E-state index contributed by atoms with van der Waals surface area (Å²) in [6.07, 6.45) is 1.41. The molecule has 0 fully saturated rings. The molecule has 0 amide bonds. The van der Waals surface area contributed by atoms with Gasteiger partial charge in [0.25, 0.3) is 0 Å². The maximum atomic E-state index is 2.51. The lowest BCUT2D eigenvalue weighted by Gasteiger charge is -2.35. The summed E-state index contributed by atoms with van der Waals surface area (Å²) in [4.78, 5) is 14.7. The third-order valence-electron chi connectivity index (χ3n) is 30.4. The van der Waals surface area contributed by atoms with Crippen molar-refractivity contribution in [3.05, 3.63) is 600 Å². The molecule has 22 aromatic carbocycles. The van der Waals surface area contributed by atoms with E-state index in [4.69, 9.17) is 0 Å². The highest BCUT2D eigenvalue weighted by Gasteiger charge is 2.48. The number of nitrogens with zero attached hydrogens (tertiary/aromatic N) is 6. The fourth-order valence-corrected chi connectivity index (χ4v) is 23.7.